The molecule has 1 heterocycles. The molecule has 242 valence electrons. The predicted octanol–water partition coefficient (Wildman–Crippen LogP) is 6.83. The molecule has 1 amide bonds. The summed E-state index contributed by atoms with van der Waals surface area (Å²) in [5, 5.41) is 23.7. The van der Waals surface area contributed by atoms with E-state index in [1.165, 1.54) is 16.3 Å². The van der Waals surface area contributed by atoms with Gasteiger partial charge in [0, 0.05) is 44.0 Å². The second-order valence-electron chi connectivity index (χ2n) is 12.2. The zero-order valence-electron chi connectivity index (χ0n) is 26.6. The van der Waals surface area contributed by atoms with Crippen molar-refractivity contribution in [3.63, 3.8) is 0 Å². The molecule has 1 fully saturated rings. The van der Waals surface area contributed by atoms with Gasteiger partial charge < -0.3 is 25.0 Å². The Morgan fingerprint density at radius 3 is 2.26 bits per heavy atom. The van der Waals surface area contributed by atoms with Crippen LogP contribution in [0.25, 0.3) is 10.8 Å². The lowest BCUT2D eigenvalue weighted by atomic mass is 9.98. The van der Waals surface area contributed by atoms with Gasteiger partial charge in [0.05, 0.1) is 18.8 Å². The zero-order valence-corrected chi connectivity index (χ0v) is 26.6. The lowest BCUT2D eigenvalue weighted by molar-refractivity contribution is -0.253. The van der Waals surface area contributed by atoms with Gasteiger partial charge >= 0.3 is 5.97 Å². The van der Waals surface area contributed by atoms with Crippen molar-refractivity contribution in [2.24, 2.45) is 0 Å². The van der Waals surface area contributed by atoms with Crippen molar-refractivity contribution in [3.8, 4) is 0 Å². The molecule has 0 unspecified atom stereocenters. The van der Waals surface area contributed by atoms with E-state index < -0.39 is 12.3 Å². The maximum atomic E-state index is 12.2. The van der Waals surface area contributed by atoms with Crippen molar-refractivity contribution in [2.45, 2.75) is 76.7 Å². The van der Waals surface area contributed by atoms with E-state index in [1.54, 1.807) is 0 Å². The lowest BCUT2D eigenvalue weighted by Crippen LogP contribution is -2.38. The molecule has 0 saturated carbocycles. The Kier molecular flexibility index (Phi) is 11.5. The molecule has 4 atom stereocenters. The molecule has 0 spiro atoms. The van der Waals surface area contributed by atoms with Crippen LogP contribution in [0.1, 0.15) is 85.3 Å². The molecular formula is C38H44N2O6. The van der Waals surface area contributed by atoms with Crippen LogP contribution in [-0.4, -0.2) is 46.7 Å². The van der Waals surface area contributed by atoms with Crippen LogP contribution in [0, 0.1) is 0 Å². The van der Waals surface area contributed by atoms with E-state index in [2.05, 4.69) is 66.7 Å². The van der Waals surface area contributed by atoms with E-state index in [-0.39, 0.29) is 37.2 Å². The summed E-state index contributed by atoms with van der Waals surface area (Å²) in [6.45, 7) is 3.33. The van der Waals surface area contributed by atoms with Gasteiger partial charge in [-0.2, -0.15) is 0 Å². The fraction of sp³-hybridized carbons (Fsp3) is 0.368. The van der Waals surface area contributed by atoms with Crippen molar-refractivity contribution < 1.29 is 29.3 Å². The van der Waals surface area contributed by atoms with E-state index in [9.17, 15) is 14.7 Å². The van der Waals surface area contributed by atoms with E-state index in [1.807, 2.05) is 48.5 Å². The minimum atomic E-state index is -0.841. The fourth-order valence-electron chi connectivity index (χ4n) is 5.88. The number of hydrogen-bond donors (Lipinski definition) is 3. The number of rotatable bonds is 14. The molecule has 1 aliphatic rings. The third-order valence-electron chi connectivity index (χ3n) is 8.81. The summed E-state index contributed by atoms with van der Waals surface area (Å²) >= 11 is 0. The highest BCUT2D eigenvalue weighted by atomic mass is 16.7. The Balaban J connectivity index is 1.25. The van der Waals surface area contributed by atoms with Crippen LogP contribution < -0.4 is 5.32 Å². The number of carbonyl (C=O) groups is 2. The molecule has 8 heteroatoms. The summed E-state index contributed by atoms with van der Waals surface area (Å²) < 4.78 is 13.1. The number of nitrogens with one attached hydrogen (secondary N) is 1. The first-order chi connectivity index (χ1) is 22.3. The van der Waals surface area contributed by atoms with E-state index in [4.69, 9.17) is 14.6 Å². The van der Waals surface area contributed by atoms with E-state index >= 15 is 0 Å². The molecule has 5 rings (SSSR count). The number of benzene rings is 4. The monoisotopic (exact) mass is 624 g/mol. The maximum absolute atomic E-state index is 12.2. The minimum Gasteiger partial charge on any atom is -0.481 e. The number of unbranched alkanes of at least 4 members (excludes halogenated alkanes) is 1. The first-order valence-corrected chi connectivity index (χ1v) is 16.1. The fourth-order valence-corrected chi connectivity index (χ4v) is 5.88. The number of ether oxygens (including phenoxy) is 2. The highest BCUT2D eigenvalue weighted by Crippen LogP contribution is 2.39. The molecule has 4 aromatic rings. The van der Waals surface area contributed by atoms with Gasteiger partial charge in [-0.15, -0.1) is 0 Å². The minimum absolute atomic E-state index is 0.00482. The van der Waals surface area contributed by atoms with Crippen LogP contribution in [0.15, 0.2) is 91.0 Å². The van der Waals surface area contributed by atoms with Crippen molar-refractivity contribution in [1.82, 2.24) is 10.2 Å². The number of hydrogen-bond acceptors (Lipinski definition) is 6. The first kappa shape index (κ1) is 33.3. The van der Waals surface area contributed by atoms with Gasteiger partial charge in [0.2, 0.25) is 5.91 Å². The van der Waals surface area contributed by atoms with Crippen LogP contribution in [0.2, 0.25) is 0 Å². The van der Waals surface area contributed by atoms with Gasteiger partial charge in [0.1, 0.15) is 0 Å². The number of aliphatic hydroxyl groups excluding tert-OH is 1. The highest BCUT2D eigenvalue weighted by Gasteiger charge is 2.33. The Labute approximate surface area is 271 Å². The van der Waals surface area contributed by atoms with Crippen molar-refractivity contribution in [2.75, 3.05) is 13.6 Å². The number of aliphatic carboxylic acids is 1. The van der Waals surface area contributed by atoms with Gasteiger partial charge in [0.15, 0.2) is 6.29 Å². The van der Waals surface area contributed by atoms with Crippen molar-refractivity contribution >= 4 is 22.6 Å². The lowest BCUT2D eigenvalue weighted by Gasteiger charge is -2.39. The summed E-state index contributed by atoms with van der Waals surface area (Å²) in [4.78, 5) is 25.2. The number of aliphatic hydroxyl groups is 1. The normalized spacial score (nSPS) is 18.8. The highest BCUT2D eigenvalue weighted by molar-refractivity contribution is 5.83. The summed E-state index contributed by atoms with van der Waals surface area (Å²) in [7, 11) is 2.13. The number of amides is 1. The molecule has 0 radical (unpaired) electrons. The van der Waals surface area contributed by atoms with Crippen LogP contribution in [0.3, 0.4) is 0 Å². The summed E-state index contributed by atoms with van der Waals surface area (Å²) in [6, 6.07) is 31.0. The Morgan fingerprint density at radius 2 is 1.54 bits per heavy atom. The van der Waals surface area contributed by atoms with Gasteiger partial charge in [-0.1, -0.05) is 84.9 Å². The Bertz CT molecular complexity index is 1590. The average molecular weight is 625 g/mol. The Morgan fingerprint density at radius 1 is 0.870 bits per heavy atom. The largest absolute Gasteiger partial charge is 0.481 e. The second-order valence-corrected chi connectivity index (χ2v) is 12.2. The van der Waals surface area contributed by atoms with Crippen LogP contribution >= 0.6 is 0 Å². The maximum Gasteiger partial charge on any atom is 0.303 e. The molecule has 4 aromatic carbocycles. The van der Waals surface area contributed by atoms with Gasteiger partial charge in [-0.05, 0) is 65.9 Å². The van der Waals surface area contributed by atoms with Crippen LogP contribution in [-0.2, 0) is 32.2 Å². The third-order valence-corrected chi connectivity index (χ3v) is 8.81. The predicted molar refractivity (Wildman–Crippen MR) is 178 cm³/mol. The number of carbonyl (C=O) groups excluding carboxylic acids is 1. The SMILES string of the molecule is C[C@H](c1ccc2ccccc2c1)N(C)C[C@H]1C[C@@H](c2ccc(CO)cc2)O[C@@H](c2ccc(CNC(=O)CCCCC(=O)O)cc2)O1. The molecule has 46 heavy (non-hydrogen) atoms. The van der Waals surface area contributed by atoms with E-state index in [0.29, 0.717) is 32.2 Å². The van der Waals surface area contributed by atoms with Crippen molar-refractivity contribution in [3.05, 3.63) is 119 Å². The summed E-state index contributed by atoms with van der Waals surface area (Å²) in [5.74, 6) is -0.931. The molecule has 3 N–H and O–H groups in total. The molecule has 8 nitrogen and oxygen atoms in total. The molecule has 0 aliphatic carbocycles. The number of fused-ring (bicyclic) bond motifs is 1. The van der Waals surface area contributed by atoms with Crippen LogP contribution in [0.4, 0.5) is 0 Å². The average Bonchev–Trinajstić information content (AvgIpc) is 3.08. The standard InChI is InChI=1S/C38H44N2O6/c1-26(32-20-19-29-7-3-4-8-33(29)21-32)40(2)24-34-22-35(30-15-13-28(25-41)14-16-30)46-38(45-34)31-17-11-27(12-18-31)23-39-36(42)9-5-6-10-37(43)44/h3-4,7-8,11-21,26,34-35,38,41H,5-6,9-10,22-25H2,1-2H3,(H,39,42)(H,43,44)/t26-,34-,35+,38+/m1/s1. The number of carboxylic acids is 1. The summed E-state index contributed by atoms with van der Waals surface area (Å²) in [5.41, 5.74) is 5.01. The zero-order chi connectivity index (χ0) is 32.5. The van der Waals surface area contributed by atoms with E-state index in [0.717, 1.165) is 28.8 Å². The topological polar surface area (TPSA) is 108 Å². The molecule has 1 saturated heterocycles. The second kappa shape index (κ2) is 16.0. The van der Waals surface area contributed by atoms with Gasteiger partial charge in [-0.3, -0.25) is 14.5 Å². The molecule has 1 aliphatic heterocycles. The first-order valence-electron chi connectivity index (χ1n) is 16.1. The number of likely N-dealkylation sites (N-methyl/N-ethyl adjacent to an activating group) is 1. The van der Waals surface area contributed by atoms with Gasteiger partial charge in [0.25, 0.3) is 0 Å². The van der Waals surface area contributed by atoms with Gasteiger partial charge in [-0.25, -0.2) is 0 Å². The molecule has 0 aromatic heterocycles. The van der Waals surface area contributed by atoms with Crippen LogP contribution in [0.5, 0.6) is 0 Å². The number of carboxylic acid groups (broad SMARTS) is 1. The quantitative estimate of drug-likeness (QED) is 0.132. The molecule has 0 bridgehead atoms. The Hall–Kier alpha value is -4.08. The number of nitrogens with zero attached hydrogens (tertiary/aromatic N) is 1. The summed E-state index contributed by atoms with van der Waals surface area (Å²) in [6.07, 6.45) is 1.29. The third kappa shape index (κ3) is 9.01. The molecular weight excluding hydrogens is 580 g/mol. The van der Waals surface area contributed by atoms with Crippen molar-refractivity contribution in [1.29, 1.82) is 0 Å². The smallest absolute Gasteiger partial charge is 0.303 e.